The van der Waals surface area contributed by atoms with Crippen molar-refractivity contribution in [2.75, 3.05) is 26.2 Å². The summed E-state index contributed by atoms with van der Waals surface area (Å²) >= 11 is 0. The third kappa shape index (κ3) is 6.19. The van der Waals surface area contributed by atoms with E-state index < -0.39 is 0 Å². The molecular weight excluding hydrogens is 310 g/mol. The van der Waals surface area contributed by atoms with Crippen LogP contribution in [0.15, 0.2) is 30.3 Å². The SMILES string of the molecule is C#CCN1CCC(C(=O)NCC(C)(C)NC(C)c2ccccc2)CC1. The standard InChI is InChI=1S/C21H31N3O/c1-5-13-24-14-11-19(12-15-24)20(25)22-16-21(3,4)23-17(2)18-9-7-6-8-10-18/h1,6-10,17,19,23H,11-16H2,2-4H3,(H,22,25). The highest BCUT2D eigenvalue weighted by molar-refractivity contribution is 5.78. The Labute approximate surface area is 152 Å². The second kappa shape index (κ2) is 9.03. The maximum absolute atomic E-state index is 12.5. The van der Waals surface area contributed by atoms with Crippen molar-refractivity contribution in [3.05, 3.63) is 35.9 Å². The molecule has 1 atom stereocenters. The molecule has 2 N–H and O–H groups in total. The van der Waals surface area contributed by atoms with Gasteiger partial charge in [0.15, 0.2) is 0 Å². The predicted octanol–water partition coefficient (Wildman–Crippen LogP) is 2.58. The Bertz CT molecular complexity index is 583. The lowest BCUT2D eigenvalue weighted by atomic mass is 9.95. The molecule has 1 aliphatic rings. The lowest BCUT2D eigenvalue weighted by molar-refractivity contribution is -0.126. The molecule has 1 saturated heterocycles. The summed E-state index contributed by atoms with van der Waals surface area (Å²) < 4.78 is 0. The van der Waals surface area contributed by atoms with Crippen molar-refractivity contribution >= 4 is 5.91 Å². The summed E-state index contributed by atoms with van der Waals surface area (Å²) in [6.45, 7) is 9.53. The Morgan fingerprint density at radius 1 is 1.32 bits per heavy atom. The maximum Gasteiger partial charge on any atom is 0.223 e. The average molecular weight is 341 g/mol. The minimum absolute atomic E-state index is 0.108. The number of terminal acetylenes is 1. The van der Waals surface area contributed by atoms with Crippen molar-refractivity contribution in [1.29, 1.82) is 0 Å². The summed E-state index contributed by atoms with van der Waals surface area (Å²) in [4.78, 5) is 14.7. The molecule has 136 valence electrons. The molecule has 1 aliphatic heterocycles. The quantitative estimate of drug-likeness (QED) is 0.749. The van der Waals surface area contributed by atoms with Crippen LogP contribution in [0.25, 0.3) is 0 Å². The van der Waals surface area contributed by atoms with Crippen LogP contribution in [0, 0.1) is 18.3 Å². The third-order valence-corrected chi connectivity index (χ3v) is 4.88. The second-order valence-electron chi connectivity index (χ2n) is 7.63. The Morgan fingerprint density at radius 3 is 2.56 bits per heavy atom. The molecule has 1 aromatic rings. The molecule has 0 aromatic heterocycles. The Balaban J connectivity index is 1.77. The fourth-order valence-electron chi connectivity index (χ4n) is 3.40. The van der Waals surface area contributed by atoms with Gasteiger partial charge in [-0.05, 0) is 52.3 Å². The number of rotatable bonds is 7. The van der Waals surface area contributed by atoms with Gasteiger partial charge in [-0.1, -0.05) is 36.3 Å². The number of hydrogen-bond acceptors (Lipinski definition) is 3. The summed E-state index contributed by atoms with van der Waals surface area (Å²) in [6, 6.07) is 10.6. The molecule has 0 bridgehead atoms. The van der Waals surface area contributed by atoms with E-state index in [-0.39, 0.29) is 23.4 Å². The number of benzene rings is 1. The van der Waals surface area contributed by atoms with Gasteiger partial charge in [-0.15, -0.1) is 6.42 Å². The molecule has 4 nitrogen and oxygen atoms in total. The van der Waals surface area contributed by atoms with Crippen molar-refractivity contribution in [1.82, 2.24) is 15.5 Å². The molecule has 1 fully saturated rings. The highest BCUT2D eigenvalue weighted by Crippen LogP contribution is 2.18. The van der Waals surface area contributed by atoms with Gasteiger partial charge in [-0.2, -0.15) is 0 Å². The molecule has 25 heavy (non-hydrogen) atoms. The summed E-state index contributed by atoms with van der Waals surface area (Å²) in [6.07, 6.45) is 7.13. The van der Waals surface area contributed by atoms with Crippen LogP contribution in [0.2, 0.25) is 0 Å². The first kappa shape index (κ1) is 19.5. The van der Waals surface area contributed by atoms with Crippen molar-refractivity contribution in [3.8, 4) is 12.3 Å². The number of carbonyl (C=O) groups is 1. The van der Waals surface area contributed by atoms with E-state index in [4.69, 9.17) is 6.42 Å². The molecule has 0 radical (unpaired) electrons. The lowest BCUT2D eigenvalue weighted by Gasteiger charge is -2.33. The average Bonchev–Trinajstić information content (AvgIpc) is 2.61. The van der Waals surface area contributed by atoms with Gasteiger partial charge < -0.3 is 10.6 Å². The largest absolute Gasteiger partial charge is 0.354 e. The van der Waals surface area contributed by atoms with Crippen LogP contribution in [-0.4, -0.2) is 42.5 Å². The molecule has 4 heteroatoms. The highest BCUT2D eigenvalue weighted by atomic mass is 16.1. The molecule has 0 spiro atoms. The first-order valence-corrected chi connectivity index (χ1v) is 9.17. The van der Waals surface area contributed by atoms with Crippen LogP contribution >= 0.6 is 0 Å². The van der Waals surface area contributed by atoms with Gasteiger partial charge >= 0.3 is 0 Å². The number of carbonyl (C=O) groups excluding carboxylic acids is 1. The minimum Gasteiger partial charge on any atom is -0.354 e. The topological polar surface area (TPSA) is 44.4 Å². The van der Waals surface area contributed by atoms with Gasteiger partial charge in [-0.25, -0.2) is 0 Å². The van der Waals surface area contributed by atoms with Crippen LogP contribution < -0.4 is 10.6 Å². The van der Waals surface area contributed by atoms with Crippen molar-refractivity contribution in [2.24, 2.45) is 5.92 Å². The van der Waals surface area contributed by atoms with E-state index in [1.54, 1.807) is 0 Å². The monoisotopic (exact) mass is 341 g/mol. The zero-order valence-corrected chi connectivity index (χ0v) is 15.7. The van der Waals surface area contributed by atoms with Crippen molar-refractivity contribution in [2.45, 2.75) is 45.2 Å². The molecule has 1 amide bonds. The fourth-order valence-corrected chi connectivity index (χ4v) is 3.40. The van der Waals surface area contributed by atoms with Gasteiger partial charge in [0.25, 0.3) is 0 Å². The third-order valence-electron chi connectivity index (χ3n) is 4.88. The Kier molecular flexibility index (Phi) is 7.04. The van der Waals surface area contributed by atoms with Gasteiger partial charge in [0.2, 0.25) is 5.91 Å². The zero-order chi connectivity index (χ0) is 18.3. The van der Waals surface area contributed by atoms with Crippen LogP contribution in [0.4, 0.5) is 0 Å². The van der Waals surface area contributed by atoms with E-state index >= 15 is 0 Å². The van der Waals surface area contributed by atoms with E-state index in [9.17, 15) is 4.79 Å². The van der Waals surface area contributed by atoms with Gasteiger partial charge in [0, 0.05) is 24.0 Å². The number of hydrogen-bond donors (Lipinski definition) is 2. The van der Waals surface area contributed by atoms with E-state index in [2.05, 4.69) is 66.5 Å². The van der Waals surface area contributed by atoms with E-state index in [1.165, 1.54) is 5.56 Å². The highest BCUT2D eigenvalue weighted by Gasteiger charge is 2.27. The Morgan fingerprint density at radius 2 is 1.96 bits per heavy atom. The first-order valence-electron chi connectivity index (χ1n) is 9.17. The Hall–Kier alpha value is -1.83. The number of nitrogens with zero attached hydrogens (tertiary/aromatic N) is 1. The minimum atomic E-state index is -0.172. The number of likely N-dealkylation sites (tertiary alicyclic amines) is 1. The molecule has 1 aromatic carbocycles. The van der Waals surface area contributed by atoms with Gasteiger partial charge in [0.1, 0.15) is 0 Å². The number of amides is 1. The zero-order valence-electron chi connectivity index (χ0n) is 15.7. The van der Waals surface area contributed by atoms with Gasteiger partial charge in [-0.3, -0.25) is 9.69 Å². The summed E-state index contributed by atoms with van der Waals surface area (Å²) in [5.41, 5.74) is 1.08. The van der Waals surface area contributed by atoms with E-state index in [0.29, 0.717) is 13.1 Å². The second-order valence-corrected chi connectivity index (χ2v) is 7.63. The van der Waals surface area contributed by atoms with E-state index in [1.807, 2.05) is 6.07 Å². The number of nitrogens with one attached hydrogen (secondary N) is 2. The van der Waals surface area contributed by atoms with E-state index in [0.717, 1.165) is 25.9 Å². The first-order chi connectivity index (χ1) is 11.9. The molecule has 0 aliphatic carbocycles. The predicted molar refractivity (Wildman–Crippen MR) is 103 cm³/mol. The molecular formula is C21H31N3O. The van der Waals surface area contributed by atoms with Crippen molar-refractivity contribution < 1.29 is 4.79 Å². The molecule has 1 heterocycles. The van der Waals surface area contributed by atoms with Crippen LogP contribution in [0.5, 0.6) is 0 Å². The van der Waals surface area contributed by atoms with Crippen LogP contribution in [-0.2, 0) is 4.79 Å². The smallest absolute Gasteiger partial charge is 0.223 e. The molecule has 1 unspecified atom stereocenters. The molecule has 0 saturated carbocycles. The molecule has 2 rings (SSSR count). The summed E-state index contributed by atoms with van der Waals surface area (Å²) in [5.74, 6) is 2.95. The maximum atomic E-state index is 12.5. The fraction of sp³-hybridized carbons (Fsp3) is 0.571. The van der Waals surface area contributed by atoms with Crippen LogP contribution in [0.3, 0.4) is 0 Å². The normalized spacial score (nSPS) is 17.7. The van der Waals surface area contributed by atoms with Crippen LogP contribution in [0.1, 0.15) is 45.2 Å². The summed E-state index contributed by atoms with van der Waals surface area (Å²) in [5, 5.41) is 6.75. The van der Waals surface area contributed by atoms with Gasteiger partial charge in [0.05, 0.1) is 6.54 Å². The summed E-state index contributed by atoms with van der Waals surface area (Å²) in [7, 11) is 0. The lowest BCUT2D eigenvalue weighted by Crippen LogP contribution is -2.51. The van der Waals surface area contributed by atoms with Crippen molar-refractivity contribution in [3.63, 3.8) is 0 Å². The number of piperidine rings is 1.